The summed E-state index contributed by atoms with van der Waals surface area (Å²) in [6.45, 7) is 6.91. The van der Waals surface area contributed by atoms with Crippen LogP contribution in [0.3, 0.4) is 0 Å². The third-order valence-electron chi connectivity index (χ3n) is 3.05. The van der Waals surface area contributed by atoms with Crippen LogP contribution in [0.5, 0.6) is 0 Å². The van der Waals surface area contributed by atoms with Gasteiger partial charge >= 0.3 is 0 Å². The van der Waals surface area contributed by atoms with Crippen molar-refractivity contribution in [3.8, 4) is 6.07 Å². The second kappa shape index (κ2) is 5.14. The standard InChI is InChI=1S/C14H20N2/c1-12-6-5-7-13(10-12)8-9-16(4)14(2,3)11-15/h5-7,10H,8-9H2,1-4H3. The third kappa shape index (κ3) is 3.36. The molecule has 0 spiro atoms. The predicted octanol–water partition coefficient (Wildman–Crippen LogP) is 2.77. The second-order valence-electron chi connectivity index (χ2n) is 4.83. The highest BCUT2D eigenvalue weighted by Gasteiger charge is 2.21. The molecule has 0 saturated carbocycles. The largest absolute Gasteiger partial charge is 0.289 e. The van der Waals surface area contributed by atoms with E-state index in [4.69, 9.17) is 5.26 Å². The van der Waals surface area contributed by atoms with Crippen molar-refractivity contribution in [2.24, 2.45) is 0 Å². The van der Waals surface area contributed by atoms with Gasteiger partial charge in [0, 0.05) is 6.54 Å². The van der Waals surface area contributed by atoms with Gasteiger partial charge in [0.1, 0.15) is 5.54 Å². The summed E-state index contributed by atoms with van der Waals surface area (Å²) < 4.78 is 0. The second-order valence-corrected chi connectivity index (χ2v) is 4.83. The molecule has 2 nitrogen and oxygen atoms in total. The highest BCUT2D eigenvalue weighted by molar-refractivity contribution is 5.22. The van der Waals surface area contributed by atoms with Gasteiger partial charge in [-0.05, 0) is 39.8 Å². The first-order valence-electron chi connectivity index (χ1n) is 5.64. The van der Waals surface area contributed by atoms with E-state index in [2.05, 4.69) is 42.2 Å². The molecule has 0 radical (unpaired) electrons. The molecule has 0 N–H and O–H groups in total. The van der Waals surface area contributed by atoms with Crippen molar-refractivity contribution in [1.29, 1.82) is 5.26 Å². The summed E-state index contributed by atoms with van der Waals surface area (Å²) in [6, 6.07) is 10.8. The molecule has 0 aromatic heterocycles. The quantitative estimate of drug-likeness (QED) is 0.774. The lowest BCUT2D eigenvalue weighted by atomic mass is 10.0. The molecule has 0 saturated heterocycles. The van der Waals surface area contributed by atoms with E-state index in [0.717, 1.165) is 13.0 Å². The van der Waals surface area contributed by atoms with Crippen LogP contribution in [-0.4, -0.2) is 24.0 Å². The van der Waals surface area contributed by atoms with Crippen molar-refractivity contribution in [2.45, 2.75) is 32.7 Å². The smallest absolute Gasteiger partial charge is 0.103 e. The average molecular weight is 216 g/mol. The number of nitrogens with zero attached hydrogens (tertiary/aromatic N) is 2. The highest BCUT2D eigenvalue weighted by atomic mass is 15.2. The summed E-state index contributed by atoms with van der Waals surface area (Å²) in [7, 11) is 2.00. The lowest BCUT2D eigenvalue weighted by Gasteiger charge is -2.28. The summed E-state index contributed by atoms with van der Waals surface area (Å²) in [5.41, 5.74) is 2.24. The number of likely N-dealkylation sites (N-methyl/N-ethyl adjacent to an activating group) is 1. The van der Waals surface area contributed by atoms with E-state index >= 15 is 0 Å². The van der Waals surface area contributed by atoms with E-state index in [1.54, 1.807) is 0 Å². The number of rotatable bonds is 4. The zero-order valence-corrected chi connectivity index (χ0v) is 10.6. The van der Waals surface area contributed by atoms with E-state index in [-0.39, 0.29) is 5.54 Å². The molecular formula is C14H20N2. The molecule has 16 heavy (non-hydrogen) atoms. The molecule has 86 valence electrons. The molecule has 0 aliphatic rings. The lowest BCUT2D eigenvalue weighted by molar-refractivity contribution is 0.214. The monoisotopic (exact) mass is 216 g/mol. The molecule has 0 aliphatic carbocycles. The Balaban J connectivity index is 2.56. The van der Waals surface area contributed by atoms with Crippen LogP contribution in [0.1, 0.15) is 25.0 Å². The summed E-state index contributed by atoms with van der Waals surface area (Å²) in [6.07, 6.45) is 0.989. The normalized spacial score (nSPS) is 11.5. The Morgan fingerprint density at radius 2 is 2.06 bits per heavy atom. The van der Waals surface area contributed by atoms with Crippen LogP contribution in [0.2, 0.25) is 0 Å². The minimum Gasteiger partial charge on any atom is -0.289 e. The molecule has 0 amide bonds. The Hall–Kier alpha value is -1.33. The van der Waals surface area contributed by atoms with Crippen molar-refractivity contribution >= 4 is 0 Å². The van der Waals surface area contributed by atoms with Crippen molar-refractivity contribution in [1.82, 2.24) is 4.90 Å². The molecule has 1 aromatic rings. The van der Waals surface area contributed by atoms with Crippen LogP contribution in [0.15, 0.2) is 24.3 Å². The fourth-order valence-electron chi connectivity index (χ4n) is 1.53. The Labute approximate surface area is 98.5 Å². The Kier molecular flexibility index (Phi) is 4.09. The van der Waals surface area contributed by atoms with Crippen LogP contribution in [0.25, 0.3) is 0 Å². The SMILES string of the molecule is Cc1cccc(CCN(C)C(C)(C)C#N)c1. The van der Waals surface area contributed by atoms with Crippen LogP contribution in [-0.2, 0) is 6.42 Å². The molecular weight excluding hydrogens is 196 g/mol. The molecule has 1 aromatic carbocycles. The van der Waals surface area contributed by atoms with Crippen molar-refractivity contribution in [3.05, 3.63) is 35.4 Å². The van der Waals surface area contributed by atoms with Gasteiger partial charge in [-0.25, -0.2) is 0 Å². The van der Waals surface area contributed by atoms with Gasteiger partial charge in [-0.1, -0.05) is 29.8 Å². The maximum atomic E-state index is 9.01. The number of benzene rings is 1. The van der Waals surface area contributed by atoms with Gasteiger partial charge in [-0.15, -0.1) is 0 Å². The van der Waals surface area contributed by atoms with E-state index in [1.165, 1.54) is 11.1 Å². The molecule has 0 fully saturated rings. The molecule has 0 aliphatic heterocycles. The van der Waals surface area contributed by atoms with Gasteiger partial charge in [-0.3, -0.25) is 4.90 Å². The Morgan fingerprint density at radius 3 is 2.62 bits per heavy atom. The van der Waals surface area contributed by atoms with Gasteiger partial charge in [0.2, 0.25) is 0 Å². The number of aryl methyl sites for hydroxylation is 1. The maximum Gasteiger partial charge on any atom is 0.103 e. The first-order chi connectivity index (χ1) is 7.45. The molecule has 1 rings (SSSR count). The molecule has 0 unspecified atom stereocenters. The van der Waals surface area contributed by atoms with Gasteiger partial charge < -0.3 is 0 Å². The molecule has 0 bridgehead atoms. The van der Waals surface area contributed by atoms with Gasteiger partial charge in [0.15, 0.2) is 0 Å². The van der Waals surface area contributed by atoms with Crippen LogP contribution < -0.4 is 0 Å². The van der Waals surface area contributed by atoms with E-state index in [1.807, 2.05) is 20.9 Å². The third-order valence-corrected chi connectivity index (χ3v) is 3.05. The number of hydrogen-bond donors (Lipinski definition) is 0. The lowest BCUT2D eigenvalue weighted by Crippen LogP contribution is -2.40. The summed E-state index contributed by atoms with van der Waals surface area (Å²) in [5, 5.41) is 9.01. The maximum absolute atomic E-state index is 9.01. The van der Waals surface area contributed by atoms with Crippen molar-refractivity contribution in [3.63, 3.8) is 0 Å². The molecule has 0 heterocycles. The zero-order valence-electron chi connectivity index (χ0n) is 10.6. The van der Waals surface area contributed by atoms with E-state index in [9.17, 15) is 0 Å². The summed E-state index contributed by atoms with van der Waals surface area (Å²) in [4.78, 5) is 2.09. The average Bonchev–Trinajstić information content (AvgIpc) is 2.26. The van der Waals surface area contributed by atoms with Crippen LogP contribution in [0.4, 0.5) is 0 Å². The van der Waals surface area contributed by atoms with Crippen molar-refractivity contribution < 1.29 is 0 Å². The Morgan fingerprint density at radius 1 is 1.38 bits per heavy atom. The fourth-order valence-corrected chi connectivity index (χ4v) is 1.53. The van der Waals surface area contributed by atoms with E-state index < -0.39 is 0 Å². The first-order valence-corrected chi connectivity index (χ1v) is 5.64. The van der Waals surface area contributed by atoms with E-state index in [0.29, 0.717) is 0 Å². The summed E-state index contributed by atoms with van der Waals surface area (Å²) in [5.74, 6) is 0. The Bertz CT molecular complexity index is 388. The highest BCUT2D eigenvalue weighted by Crippen LogP contribution is 2.12. The predicted molar refractivity (Wildman–Crippen MR) is 67.2 cm³/mol. The van der Waals surface area contributed by atoms with Gasteiger partial charge in [-0.2, -0.15) is 5.26 Å². The minimum absolute atomic E-state index is 0.385. The zero-order chi connectivity index (χ0) is 12.2. The number of hydrogen-bond acceptors (Lipinski definition) is 2. The topological polar surface area (TPSA) is 27.0 Å². The molecule has 0 atom stereocenters. The number of nitriles is 1. The van der Waals surface area contributed by atoms with Crippen LogP contribution in [0, 0.1) is 18.3 Å². The first kappa shape index (κ1) is 12.7. The fraction of sp³-hybridized carbons (Fsp3) is 0.500. The van der Waals surface area contributed by atoms with Crippen molar-refractivity contribution in [2.75, 3.05) is 13.6 Å². The molecule has 2 heteroatoms. The van der Waals surface area contributed by atoms with Gasteiger partial charge in [0.25, 0.3) is 0 Å². The summed E-state index contributed by atoms with van der Waals surface area (Å²) >= 11 is 0. The van der Waals surface area contributed by atoms with Crippen LogP contribution >= 0.6 is 0 Å². The van der Waals surface area contributed by atoms with Gasteiger partial charge in [0.05, 0.1) is 6.07 Å². The minimum atomic E-state index is -0.385.